The molecule has 0 aliphatic heterocycles. The highest BCUT2D eigenvalue weighted by molar-refractivity contribution is 5.69. The molecular formula is C17H19F3N4O3. The first-order valence-electron chi connectivity index (χ1n) is 8.37. The van der Waals surface area contributed by atoms with Crippen molar-refractivity contribution in [1.82, 2.24) is 9.97 Å². The number of rotatable bonds is 8. The van der Waals surface area contributed by atoms with Crippen LogP contribution < -0.4 is 9.64 Å². The van der Waals surface area contributed by atoms with Crippen LogP contribution >= 0.6 is 0 Å². The minimum Gasteiger partial charge on any atom is -0.477 e. The fraction of sp³-hybridized carbons (Fsp3) is 0.412. The normalized spacial score (nSPS) is 11.3. The Hall–Kier alpha value is -2.91. The molecule has 1 aromatic heterocycles. The van der Waals surface area contributed by atoms with E-state index in [1.54, 1.807) is 13.0 Å². The molecule has 0 saturated carbocycles. The molecule has 1 heterocycles. The summed E-state index contributed by atoms with van der Waals surface area (Å²) in [5.41, 5.74) is -1.10. The van der Waals surface area contributed by atoms with Crippen molar-refractivity contribution in [3.8, 4) is 5.88 Å². The maximum absolute atomic E-state index is 13.2. The number of nitrogens with zero attached hydrogens (tertiary/aromatic N) is 4. The highest BCUT2D eigenvalue weighted by Crippen LogP contribution is 2.37. The molecule has 0 unspecified atom stereocenters. The number of nitro benzene ring substituents is 1. The second kappa shape index (κ2) is 8.65. The first kappa shape index (κ1) is 20.4. The molecular weight excluding hydrogens is 365 g/mol. The van der Waals surface area contributed by atoms with Crippen molar-refractivity contribution >= 4 is 17.3 Å². The minimum absolute atomic E-state index is 0.0770. The number of para-hydroxylation sites is 2. The van der Waals surface area contributed by atoms with Gasteiger partial charge in [-0.15, -0.1) is 0 Å². The summed E-state index contributed by atoms with van der Waals surface area (Å²) in [7, 11) is 0. The van der Waals surface area contributed by atoms with Gasteiger partial charge in [0.2, 0.25) is 11.8 Å². The van der Waals surface area contributed by atoms with Crippen LogP contribution in [0.5, 0.6) is 5.88 Å². The van der Waals surface area contributed by atoms with Gasteiger partial charge in [-0.2, -0.15) is 18.2 Å². The predicted molar refractivity (Wildman–Crippen MR) is 93.2 cm³/mol. The maximum atomic E-state index is 13.2. The van der Waals surface area contributed by atoms with E-state index in [9.17, 15) is 23.3 Å². The van der Waals surface area contributed by atoms with Crippen molar-refractivity contribution in [2.45, 2.75) is 32.9 Å². The third kappa shape index (κ3) is 4.83. The molecule has 146 valence electrons. The Bertz CT molecular complexity index is 799. The molecule has 0 aliphatic rings. The fourth-order valence-corrected chi connectivity index (χ4v) is 2.37. The Morgan fingerprint density at radius 3 is 2.56 bits per heavy atom. The average Bonchev–Trinajstić information content (AvgIpc) is 2.62. The lowest BCUT2D eigenvalue weighted by Gasteiger charge is -2.22. The summed E-state index contributed by atoms with van der Waals surface area (Å²) in [5, 5.41) is 11.3. The van der Waals surface area contributed by atoms with E-state index in [0.29, 0.717) is 12.6 Å². The van der Waals surface area contributed by atoms with E-state index in [4.69, 9.17) is 4.74 Å². The fourth-order valence-electron chi connectivity index (χ4n) is 2.37. The molecule has 0 amide bonds. The van der Waals surface area contributed by atoms with Gasteiger partial charge in [-0.3, -0.25) is 10.1 Å². The van der Waals surface area contributed by atoms with Crippen molar-refractivity contribution in [3.63, 3.8) is 0 Å². The Morgan fingerprint density at radius 1 is 1.26 bits per heavy atom. The molecule has 10 heteroatoms. The molecule has 0 N–H and O–H groups in total. The lowest BCUT2D eigenvalue weighted by molar-refractivity contribution is -0.384. The van der Waals surface area contributed by atoms with Crippen LogP contribution in [0.4, 0.5) is 30.5 Å². The SMILES string of the molecule is CCCCOc1nc(N(CC)c2ccccc2[N+](=O)[O-])ncc1C(F)(F)F. The van der Waals surface area contributed by atoms with Crippen molar-refractivity contribution in [2.24, 2.45) is 0 Å². The predicted octanol–water partition coefficient (Wildman–Crippen LogP) is 4.74. The van der Waals surface area contributed by atoms with Gasteiger partial charge in [-0.05, 0) is 19.4 Å². The van der Waals surface area contributed by atoms with E-state index in [2.05, 4.69) is 9.97 Å². The zero-order valence-electron chi connectivity index (χ0n) is 14.9. The molecule has 0 saturated heterocycles. The topological polar surface area (TPSA) is 81.4 Å². The van der Waals surface area contributed by atoms with Crippen LogP contribution in [0.15, 0.2) is 30.5 Å². The first-order valence-corrected chi connectivity index (χ1v) is 8.37. The quantitative estimate of drug-likeness (QED) is 0.371. The number of benzene rings is 1. The molecule has 7 nitrogen and oxygen atoms in total. The molecule has 0 bridgehead atoms. The standard InChI is InChI=1S/C17H19F3N4O3/c1-3-5-10-27-15-12(17(18,19)20)11-21-16(22-15)23(4-2)13-8-6-7-9-14(13)24(25)26/h6-9,11H,3-5,10H2,1-2H3. The molecule has 2 rings (SSSR count). The number of aromatic nitrogens is 2. The molecule has 0 atom stereocenters. The third-order valence-corrected chi connectivity index (χ3v) is 3.71. The molecule has 0 aliphatic carbocycles. The molecule has 1 aromatic carbocycles. The van der Waals surface area contributed by atoms with Gasteiger partial charge in [-0.1, -0.05) is 25.5 Å². The second-order valence-electron chi connectivity index (χ2n) is 5.58. The molecule has 27 heavy (non-hydrogen) atoms. The summed E-state index contributed by atoms with van der Waals surface area (Å²) in [4.78, 5) is 19.7. The van der Waals surface area contributed by atoms with Crippen LogP contribution in [0.3, 0.4) is 0 Å². The monoisotopic (exact) mass is 384 g/mol. The maximum Gasteiger partial charge on any atom is 0.423 e. The number of unbranched alkanes of at least 4 members (excludes halogenated alkanes) is 1. The van der Waals surface area contributed by atoms with Gasteiger partial charge in [0.1, 0.15) is 11.3 Å². The van der Waals surface area contributed by atoms with Crippen molar-refractivity contribution in [3.05, 3.63) is 46.1 Å². The zero-order chi connectivity index (χ0) is 20.0. The number of anilines is 2. The number of hydrogen-bond acceptors (Lipinski definition) is 6. The molecule has 0 radical (unpaired) electrons. The lowest BCUT2D eigenvalue weighted by atomic mass is 10.2. The van der Waals surface area contributed by atoms with Gasteiger partial charge in [0.05, 0.1) is 11.5 Å². The minimum atomic E-state index is -4.67. The number of alkyl halides is 3. The lowest BCUT2D eigenvalue weighted by Crippen LogP contribution is -2.21. The summed E-state index contributed by atoms with van der Waals surface area (Å²) in [5.74, 6) is -0.690. The Labute approximate surface area is 154 Å². The van der Waals surface area contributed by atoms with E-state index < -0.39 is 22.5 Å². The number of halogens is 3. The molecule has 0 spiro atoms. The Kier molecular flexibility index (Phi) is 6.54. The summed E-state index contributed by atoms with van der Waals surface area (Å²) >= 11 is 0. The van der Waals surface area contributed by atoms with E-state index in [1.165, 1.54) is 23.1 Å². The second-order valence-corrected chi connectivity index (χ2v) is 5.58. The van der Waals surface area contributed by atoms with Gasteiger partial charge in [-0.25, -0.2) is 4.98 Å². The summed E-state index contributed by atoms with van der Waals surface area (Å²) in [6, 6.07) is 5.89. The number of hydrogen-bond donors (Lipinski definition) is 0. The van der Waals surface area contributed by atoms with Gasteiger partial charge in [0.25, 0.3) is 5.69 Å². The van der Waals surface area contributed by atoms with Gasteiger partial charge in [0, 0.05) is 18.8 Å². The van der Waals surface area contributed by atoms with Crippen LogP contribution in [0.25, 0.3) is 0 Å². The smallest absolute Gasteiger partial charge is 0.423 e. The highest BCUT2D eigenvalue weighted by atomic mass is 19.4. The van der Waals surface area contributed by atoms with Crippen LogP contribution in [-0.4, -0.2) is 28.0 Å². The number of nitro groups is 1. The zero-order valence-corrected chi connectivity index (χ0v) is 14.9. The highest BCUT2D eigenvalue weighted by Gasteiger charge is 2.37. The largest absolute Gasteiger partial charge is 0.477 e. The van der Waals surface area contributed by atoms with Crippen molar-refractivity contribution in [1.29, 1.82) is 0 Å². The van der Waals surface area contributed by atoms with E-state index in [1.807, 2.05) is 6.92 Å². The summed E-state index contributed by atoms with van der Waals surface area (Å²) in [6.07, 6.45) is -2.72. The summed E-state index contributed by atoms with van der Waals surface area (Å²) < 4.78 is 44.8. The Balaban J connectivity index is 2.50. The Morgan fingerprint density at radius 2 is 1.96 bits per heavy atom. The van der Waals surface area contributed by atoms with Crippen molar-refractivity contribution < 1.29 is 22.8 Å². The van der Waals surface area contributed by atoms with Crippen molar-refractivity contribution in [2.75, 3.05) is 18.1 Å². The molecule has 0 fully saturated rings. The van der Waals surface area contributed by atoms with Gasteiger partial charge in [0.15, 0.2) is 0 Å². The van der Waals surface area contributed by atoms with Crippen LogP contribution in [-0.2, 0) is 6.18 Å². The summed E-state index contributed by atoms with van der Waals surface area (Å²) in [6.45, 7) is 3.86. The van der Waals surface area contributed by atoms with E-state index in [-0.39, 0.29) is 30.5 Å². The third-order valence-electron chi connectivity index (χ3n) is 3.71. The first-order chi connectivity index (χ1) is 12.8. The van der Waals surface area contributed by atoms with Gasteiger partial charge >= 0.3 is 6.18 Å². The van der Waals surface area contributed by atoms with Crippen LogP contribution in [0.2, 0.25) is 0 Å². The number of ether oxygens (including phenoxy) is 1. The molecule has 2 aromatic rings. The van der Waals surface area contributed by atoms with Crippen LogP contribution in [0, 0.1) is 10.1 Å². The van der Waals surface area contributed by atoms with Crippen LogP contribution in [0.1, 0.15) is 32.3 Å². The average molecular weight is 384 g/mol. The van der Waals surface area contributed by atoms with Gasteiger partial charge < -0.3 is 9.64 Å². The van der Waals surface area contributed by atoms with E-state index >= 15 is 0 Å². The van der Waals surface area contributed by atoms with E-state index in [0.717, 1.165) is 6.42 Å².